The van der Waals surface area contributed by atoms with E-state index in [-0.39, 0.29) is 31.0 Å². The van der Waals surface area contributed by atoms with Crippen molar-refractivity contribution in [1.29, 1.82) is 0 Å². The van der Waals surface area contributed by atoms with Gasteiger partial charge in [0.05, 0.1) is 9.60 Å². The number of amides is 1. The number of alkyl halides is 3. The molecule has 1 aliphatic heterocycles. The van der Waals surface area contributed by atoms with Crippen molar-refractivity contribution in [3.63, 3.8) is 0 Å². The molecule has 2 heterocycles. The molecule has 1 aromatic heterocycles. The zero-order chi connectivity index (χ0) is 23.6. The second-order valence-electron chi connectivity index (χ2n) is 7.61. The minimum absolute atomic E-state index is 0.0407. The quantitative estimate of drug-likeness (QED) is 0.487. The molecule has 0 saturated heterocycles. The molecule has 12 heteroatoms. The van der Waals surface area contributed by atoms with Gasteiger partial charge in [0.2, 0.25) is 10.0 Å². The third-order valence-electron chi connectivity index (χ3n) is 5.35. The van der Waals surface area contributed by atoms with E-state index < -0.39 is 22.1 Å². The Kier molecular flexibility index (Phi) is 6.59. The van der Waals surface area contributed by atoms with E-state index in [0.29, 0.717) is 23.4 Å². The average Bonchev–Trinajstić information content (AvgIpc) is 3.20. The van der Waals surface area contributed by atoms with Gasteiger partial charge in [-0.2, -0.15) is 17.5 Å². The van der Waals surface area contributed by atoms with Crippen LogP contribution < -0.4 is 10.0 Å². The van der Waals surface area contributed by atoms with E-state index in [1.165, 1.54) is 23.7 Å². The summed E-state index contributed by atoms with van der Waals surface area (Å²) in [5.74, 6) is -1.16. The number of rotatable bonds is 7. The molecule has 176 valence electrons. The predicted octanol–water partition coefficient (Wildman–Crippen LogP) is 3.52. The zero-order valence-electron chi connectivity index (χ0n) is 17.4. The molecule has 33 heavy (non-hydrogen) atoms. The summed E-state index contributed by atoms with van der Waals surface area (Å²) in [4.78, 5) is 12.2. The van der Waals surface area contributed by atoms with Gasteiger partial charge >= 0.3 is 12.1 Å². The normalized spacial score (nSPS) is 14.3. The van der Waals surface area contributed by atoms with E-state index in [1.54, 1.807) is 6.07 Å². The fourth-order valence-electron chi connectivity index (χ4n) is 3.65. The lowest BCUT2D eigenvalue weighted by molar-refractivity contribution is -0.186. The van der Waals surface area contributed by atoms with Crippen LogP contribution in [-0.4, -0.2) is 49.4 Å². The van der Waals surface area contributed by atoms with Crippen molar-refractivity contribution in [2.45, 2.75) is 30.5 Å². The van der Waals surface area contributed by atoms with Crippen molar-refractivity contribution in [2.75, 3.05) is 25.0 Å². The summed E-state index contributed by atoms with van der Waals surface area (Å²) in [6.45, 7) is 0.349. The van der Waals surface area contributed by atoms with E-state index in [2.05, 4.69) is 14.4 Å². The number of halogens is 3. The molecule has 1 aliphatic rings. The van der Waals surface area contributed by atoms with Crippen LogP contribution in [0.4, 0.5) is 19.0 Å². The molecule has 0 fully saturated rings. The van der Waals surface area contributed by atoms with Crippen molar-refractivity contribution >= 4 is 43.4 Å². The van der Waals surface area contributed by atoms with Gasteiger partial charge in [-0.25, -0.2) is 13.1 Å². The third kappa shape index (κ3) is 5.28. The summed E-state index contributed by atoms with van der Waals surface area (Å²) >= 11 is 1.38. The predicted molar refractivity (Wildman–Crippen MR) is 120 cm³/mol. The van der Waals surface area contributed by atoms with E-state index in [9.17, 15) is 26.4 Å². The van der Waals surface area contributed by atoms with Crippen LogP contribution >= 0.6 is 11.5 Å². The number of anilines is 1. The largest absolute Gasteiger partial charge is 0.471 e. The van der Waals surface area contributed by atoms with Crippen LogP contribution in [-0.2, 0) is 27.8 Å². The Morgan fingerprint density at radius 2 is 1.91 bits per heavy atom. The maximum Gasteiger partial charge on any atom is 0.471 e. The Balaban J connectivity index is 1.33. The lowest BCUT2D eigenvalue weighted by atomic mass is 10.00. The first-order chi connectivity index (χ1) is 15.6. The highest BCUT2D eigenvalue weighted by Crippen LogP contribution is 2.27. The Hall–Kier alpha value is -2.70. The number of benzene rings is 2. The SMILES string of the molecule is O=C(N1CCc2ccc(S(=O)(=O)NCCCNc3nsc4ccccc34)cc2C1)C(F)(F)F. The standard InChI is InChI=1S/C21H21F3N4O3S2/c22-21(23,24)20(29)28-11-8-14-6-7-16(12-15(14)13-28)33(30,31)26-10-3-9-25-19-17-4-1-2-5-18(17)32-27-19/h1-2,4-7,12,26H,3,8-11,13H2,(H,25,27). The van der Waals surface area contributed by atoms with Crippen molar-refractivity contribution in [3.05, 3.63) is 53.6 Å². The highest BCUT2D eigenvalue weighted by Gasteiger charge is 2.43. The van der Waals surface area contributed by atoms with Crippen LogP contribution in [0.5, 0.6) is 0 Å². The average molecular weight is 499 g/mol. The second-order valence-corrected chi connectivity index (χ2v) is 10.2. The van der Waals surface area contributed by atoms with Gasteiger partial charge < -0.3 is 10.2 Å². The lowest BCUT2D eigenvalue weighted by Crippen LogP contribution is -2.43. The summed E-state index contributed by atoms with van der Waals surface area (Å²) in [6, 6.07) is 12.2. The Labute approximate surface area is 192 Å². The summed E-state index contributed by atoms with van der Waals surface area (Å²) in [7, 11) is -3.85. The van der Waals surface area contributed by atoms with E-state index >= 15 is 0 Å². The molecule has 0 radical (unpaired) electrons. The van der Waals surface area contributed by atoms with Crippen molar-refractivity contribution in [2.24, 2.45) is 0 Å². The van der Waals surface area contributed by atoms with Gasteiger partial charge in [-0.3, -0.25) is 4.79 Å². The van der Waals surface area contributed by atoms with Crippen molar-refractivity contribution < 1.29 is 26.4 Å². The van der Waals surface area contributed by atoms with Crippen LogP contribution in [0.1, 0.15) is 17.5 Å². The summed E-state index contributed by atoms with van der Waals surface area (Å²) < 4.78 is 71.5. The minimum Gasteiger partial charge on any atom is -0.369 e. The molecule has 0 aliphatic carbocycles. The van der Waals surface area contributed by atoms with Gasteiger partial charge in [0.1, 0.15) is 5.82 Å². The number of nitrogens with zero attached hydrogens (tertiary/aromatic N) is 2. The molecule has 7 nitrogen and oxygen atoms in total. The zero-order valence-corrected chi connectivity index (χ0v) is 19.0. The lowest BCUT2D eigenvalue weighted by Gasteiger charge is -2.29. The Morgan fingerprint density at radius 3 is 2.70 bits per heavy atom. The first-order valence-electron chi connectivity index (χ1n) is 10.2. The molecule has 4 rings (SSSR count). The number of carbonyl (C=O) groups excluding carboxylic acids is 1. The first-order valence-corrected chi connectivity index (χ1v) is 12.5. The number of hydrogen-bond donors (Lipinski definition) is 2. The summed E-state index contributed by atoms with van der Waals surface area (Å²) in [5, 5.41) is 4.21. The maximum absolute atomic E-state index is 12.7. The van der Waals surface area contributed by atoms with E-state index in [4.69, 9.17) is 0 Å². The number of sulfonamides is 1. The third-order valence-corrected chi connectivity index (χ3v) is 7.63. The summed E-state index contributed by atoms with van der Waals surface area (Å²) in [5.41, 5.74) is 1.14. The number of fused-ring (bicyclic) bond motifs is 2. The van der Waals surface area contributed by atoms with Crippen LogP contribution in [0.15, 0.2) is 47.4 Å². The number of carbonyl (C=O) groups is 1. The maximum atomic E-state index is 12.7. The molecule has 3 aromatic rings. The molecule has 0 atom stereocenters. The van der Waals surface area contributed by atoms with Gasteiger partial charge in [-0.1, -0.05) is 18.2 Å². The number of aromatic nitrogens is 1. The van der Waals surface area contributed by atoms with E-state index in [1.807, 2.05) is 24.3 Å². The topological polar surface area (TPSA) is 91.4 Å². The molecular formula is C21H21F3N4O3S2. The molecule has 2 N–H and O–H groups in total. The molecular weight excluding hydrogens is 477 g/mol. The van der Waals surface area contributed by atoms with E-state index in [0.717, 1.165) is 21.5 Å². The van der Waals surface area contributed by atoms with Gasteiger partial charge in [-0.05, 0) is 59.8 Å². The van der Waals surface area contributed by atoms with Gasteiger partial charge in [-0.15, -0.1) is 0 Å². The summed E-state index contributed by atoms with van der Waals surface area (Å²) in [6.07, 6.45) is -4.21. The number of hydrogen-bond acceptors (Lipinski definition) is 6. The van der Waals surface area contributed by atoms with Crippen LogP contribution in [0.2, 0.25) is 0 Å². The molecule has 0 unspecified atom stereocenters. The van der Waals surface area contributed by atoms with Gasteiger partial charge in [0, 0.05) is 31.6 Å². The number of nitrogens with one attached hydrogen (secondary N) is 2. The fraction of sp³-hybridized carbons (Fsp3) is 0.333. The second kappa shape index (κ2) is 9.27. The minimum atomic E-state index is -4.96. The molecule has 0 bridgehead atoms. The molecule has 1 amide bonds. The molecule has 2 aromatic carbocycles. The van der Waals surface area contributed by atoms with Crippen molar-refractivity contribution in [1.82, 2.24) is 14.0 Å². The van der Waals surface area contributed by atoms with Gasteiger partial charge in [0.15, 0.2) is 0 Å². The van der Waals surface area contributed by atoms with Gasteiger partial charge in [0.25, 0.3) is 0 Å². The molecule has 0 spiro atoms. The van der Waals surface area contributed by atoms with Crippen LogP contribution in [0.3, 0.4) is 0 Å². The van der Waals surface area contributed by atoms with Crippen LogP contribution in [0, 0.1) is 0 Å². The monoisotopic (exact) mass is 498 g/mol. The van der Waals surface area contributed by atoms with Crippen LogP contribution in [0.25, 0.3) is 10.1 Å². The first kappa shape index (κ1) is 23.5. The molecule has 0 saturated carbocycles. The Morgan fingerprint density at radius 1 is 1.12 bits per heavy atom. The smallest absolute Gasteiger partial charge is 0.369 e. The highest BCUT2D eigenvalue weighted by atomic mass is 32.2. The van der Waals surface area contributed by atoms with Crippen molar-refractivity contribution in [3.8, 4) is 0 Å². The highest BCUT2D eigenvalue weighted by molar-refractivity contribution is 7.89. The fourth-order valence-corrected chi connectivity index (χ4v) is 5.53. The Bertz CT molecular complexity index is 1280.